The summed E-state index contributed by atoms with van der Waals surface area (Å²) in [4.78, 5) is 0. The molecule has 0 aromatic heterocycles. The van der Waals surface area contributed by atoms with Crippen molar-refractivity contribution in [2.24, 2.45) is 0 Å². The number of rotatable bonds is 5. The van der Waals surface area contributed by atoms with Crippen LogP contribution in [-0.2, 0) is 13.6 Å². The average Bonchev–Trinajstić information content (AvgIpc) is 1.87. The Morgan fingerprint density at radius 3 is 2.45 bits per heavy atom. The van der Waals surface area contributed by atoms with E-state index in [1.807, 2.05) is 6.92 Å². The van der Waals surface area contributed by atoms with Crippen molar-refractivity contribution in [3.63, 3.8) is 0 Å². The first-order valence-electron chi connectivity index (χ1n) is 3.83. The maximum absolute atomic E-state index is 11.2. The molecular formula is C7H17O3P. The average molecular weight is 180 g/mol. The highest BCUT2D eigenvalue weighted by atomic mass is 31.2. The van der Waals surface area contributed by atoms with Gasteiger partial charge in [-0.25, -0.2) is 0 Å². The minimum absolute atomic E-state index is 0.0239. The van der Waals surface area contributed by atoms with Crippen molar-refractivity contribution in [1.82, 2.24) is 0 Å². The highest BCUT2D eigenvalue weighted by Crippen LogP contribution is 2.44. The fourth-order valence-corrected chi connectivity index (χ4v) is 1.67. The maximum Gasteiger partial charge on any atom is 0.327 e. The van der Waals surface area contributed by atoms with E-state index in [1.165, 1.54) is 13.8 Å². The number of hydrogen-bond donors (Lipinski definition) is 0. The molecule has 0 fully saturated rings. The van der Waals surface area contributed by atoms with Gasteiger partial charge in [0.2, 0.25) is 0 Å². The summed E-state index contributed by atoms with van der Waals surface area (Å²) in [5.41, 5.74) is 0. The molecule has 0 N–H and O–H groups in total. The molecule has 2 atom stereocenters. The van der Waals surface area contributed by atoms with E-state index in [-0.39, 0.29) is 6.10 Å². The van der Waals surface area contributed by atoms with E-state index in [0.29, 0.717) is 0 Å². The lowest BCUT2D eigenvalue weighted by atomic mass is 10.2. The number of hydrogen-bond acceptors (Lipinski definition) is 3. The van der Waals surface area contributed by atoms with Gasteiger partial charge in [0, 0.05) is 13.8 Å². The Hall–Kier alpha value is 0.150. The Morgan fingerprint density at radius 2 is 2.09 bits per heavy atom. The predicted octanol–water partition coefficient (Wildman–Crippen LogP) is 2.66. The topological polar surface area (TPSA) is 35.5 Å². The molecule has 4 heteroatoms. The molecule has 0 aliphatic rings. The molecule has 0 heterocycles. The molecule has 68 valence electrons. The van der Waals surface area contributed by atoms with Crippen LogP contribution in [0.2, 0.25) is 0 Å². The third kappa shape index (κ3) is 5.42. The minimum atomic E-state index is -2.76. The van der Waals surface area contributed by atoms with Gasteiger partial charge in [0.05, 0.1) is 6.10 Å². The van der Waals surface area contributed by atoms with E-state index in [4.69, 9.17) is 4.52 Å². The smallest absolute Gasteiger partial charge is 0.312 e. The van der Waals surface area contributed by atoms with Gasteiger partial charge in [0.15, 0.2) is 0 Å². The molecule has 0 aliphatic carbocycles. The zero-order valence-electron chi connectivity index (χ0n) is 7.66. The van der Waals surface area contributed by atoms with E-state index < -0.39 is 7.60 Å². The molecule has 0 rings (SSSR count). The van der Waals surface area contributed by atoms with Gasteiger partial charge in [-0.2, -0.15) is 0 Å². The third-order valence-corrected chi connectivity index (χ3v) is 2.80. The normalized spacial score (nSPS) is 19.3. The Morgan fingerprint density at radius 1 is 1.55 bits per heavy atom. The van der Waals surface area contributed by atoms with Crippen LogP contribution in [0.15, 0.2) is 0 Å². The standard InChI is InChI=1S/C7H17O3P/c1-5-6-7(2)10-11(4,8)9-3/h7H,5-6H2,1-4H3. The Bertz CT molecular complexity index is 147. The van der Waals surface area contributed by atoms with Crippen LogP contribution in [0.25, 0.3) is 0 Å². The SMILES string of the molecule is CCCC(C)OP(C)(=O)OC. The first kappa shape index (κ1) is 11.2. The summed E-state index contributed by atoms with van der Waals surface area (Å²) in [6.45, 7) is 5.45. The summed E-state index contributed by atoms with van der Waals surface area (Å²) in [7, 11) is -1.36. The van der Waals surface area contributed by atoms with Gasteiger partial charge in [-0.3, -0.25) is 4.57 Å². The molecule has 0 saturated heterocycles. The van der Waals surface area contributed by atoms with E-state index in [0.717, 1.165) is 12.8 Å². The van der Waals surface area contributed by atoms with Crippen molar-refractivity contribution in [3.05, 3.63) is 0 Å². The fraction of sp³-hybridized carbons (Fsp3) is 1.00. The van der Waals surface area contributed by atoms with Gasteiger partial charge in [-0.05, 0) is 13.3 Å². The summed E-state index contributed by atoms with van der Waals surface area (Å²) < 4.78 is 21.1. The summed E-state index contributed by atoms with van der Waals surface area (Å²) in [5.74, 6) is 0. The molecule has 0 aromatic rings. The van der Waals surface area contributed by atoms with Crippen molar-refractivity contribution in [2.45, 2.75) is 32.8 Å². The van der Waals surface area contributed by atoms with Crippen molar-refractivity contribution >= 4 is 7.60 Å². The Kier molecular flexibility index (Phi) is 4.98. The van der Waals surface area contributed by atoms with Crippen LogP contribution in [0.5, 0.6) is 0 Å². The van der Waals surface area contributed by atoms with Crippen molar-refractivity contribution in [1.29, 1.82) is 0 Å². The van der Waals surface area contributed by atoms with E-state index in [1.54, 1.807) is 0 Å². The van der Waals surface area contributed by atoms with Gasteiger partial charge in [-0.1, -0.05) is 13.3 Å². The zero-order valence-corrected chi connectivity index (χ0v) is 8.56. The van der Waals surface area contributed by atoms with Crippen LogP contribution >= 0.6 is 7.60 Å². The second-order valence-electron chi connectivity index (χ2n) is 2.66. The third-order valence-electron chi connectivity index (χ3n) is 1.40. The van der Waals surface area contributed by atoms with Gasteiger partial charge in [0.1, 0.15) is 0 Å². The zero-order chi connectivity index (χ0) is 8.91. The molecule has 0 radical (unpaired) electrons. The lowest BCUT2D eigenvalue weighted by Crippen LogP contribution is -2.05. The Labute approximate surface area is 68.6 Å². The lowest BCUT2D eigenvalue weighted by molar-refractivity contribution is 0.170. The molecule has 0 saturated carbocycles. The van der Waals surface area contributed by atoms with Crippen LogP contribution in [0, 0.1) is 0 Å². The van der Waals surface area contributed by atoms with E-state index in [2.05, 4.69) is 11.4 Å². The van der Waals surface area contributed by atoms with Crippen LogP contribution in [0.4, 0.5) is 0 Å². The van der Waals surface area contributed by atoms with Gasteiger partial charge < -0.3 is 9.05 Å². The molecule has 0 bridgehead atoms. The summed E-state index contributed by atoms with van der Waals surface area (Å²) in [6, 6.07) is 0. The first-order valence-corrected chi connectivity index (χ1v) is 5.82. The summed E-state index contributed by atoms with van der Waals surface area (Å²) in [5, 5.41) is 0. The fourth-order valence-electron chi connectivity index (χ4n) is 0.829. The molecule has 0 spiro atoms. The highest BCUT2D eigenvalue weighted by molar-refractivity contribution is 7.52. The van der Waals surface area contributed by atoms with E-state index >= 15 is 0 Å². The van der Waals surface area contributed by atoms with Crippen molar-refractivity contribution in [3.8, 4) is 0 Å². The van der Waals surface area contributed by atoms with Crippen molar-refractivity contribution in [2.75, 3.05) is 13.8 Å². The van der Waals surface area contributed by atoms with Crippen LogP contribution in [0.3, 0.4) is 0 Å². The second-order valence-corrected chi connectivity index (χ2v) is 4.78. The lowest BCUT2D eigenvalue weighted by Gasteiger charge is -2.16. The molecule has 2 unspecified atom stereocenters. The van der Waals surface area contributed by atoms with Gasteiger partial charge in [-0.15, -0.1) is 0 Å². The molecule has 0 aromatic carbocycles. The first-order chi connectivity index (χ1) is 5.02. The quantitative estimate of drug-likeness (QED) is 0.610. The molecule has 3 nitrogen and oxygen atoms in total. The maximum atomic E-state index is 11.2. The van der Waals surface area contributed by atoms with Crippen LogP contribution in [0.1, 0.15) is 26.7 Å². The second kappa shape index (κ2) is 4.91. The van der Waals surface area contributed by atoms with Gasteiger partial charge >= 0.3 is 7.60 Å². The van der Waals surface area contributed by atoms with Crippen molar-refractivity contribution < 1.29 is 13.6 Å². The van der Waals surface area contributed by atoms with E-state index in [9.17, 15) is 4.57 Å². The highest BCUT2D eigenvalue weighted by Gasteiger charge is 2.17. The van der Waals surface area contributed by atoms with Crippen LogP contribution in [-0.4, -0.2) is 19.9 Å². The monoisotopic (exact) mass is 180 g/mol. The molecule has 11 heavy (non-hydrogen) atoms. The molecule has 0 amide bonds. The van der Waals surface area contributed by atoms with Gasteiger partial charge in [0.25, 0.3) is 0 Å². The Balaban J connectivity index is 3.74. The minimum Gasteiger partial charge on any atom is -0.312 e. The summed E-state index contributed by atoms with van der Waals surface area (Å²) >= 11 is 0. The molecular weight excluding hydrogens is 163 g/mol. The predicted molar refractivity (Wildman–Crippen MR) is 46.0 cm³/mol. The largest absolute Gasteiger partial charge is 0.327 e. The molecule has 0 aliphatic heterocycles. The summed E-state index contributed by atoms with van der Waals surface area (Å²) in [6.07, 6.45) is 1.97. The van der Waals surface area contributed by atoms with Crippen LogP contribution < -0.4 is 0 Å².